The van der Waals surface area contributed by atoms with Crippen LogP contribution in [-0.2, 0) is 9.47 Å². The van der Waals surface area contributed by atoms with E-state index in [1.807, 2.05) is 6.92 Å². The Morgan fingerprint density at radius 3 is 2.61 bits per heavy atom. The fourth-order valence-electron chi connectivity index (χ4n) is 4.32. The molecule has 2 saturated heterocycles. The highest BCUT2D eigenvalue weighted by Crippen LogP contribution is 2.40. The van der Waals surface area contributed by atoms with Gasteiger partial charge < -0.3 is 24.4 Å². The fourth-order valence-corrected chi connectivity index (χ4v) is 4.32. The molecule has 8 nitrogen and oxygen atoms in total. The number of halogens is 2. The zero-order valence-electron chi connectivity index (χ0n) is 18.5. The number of benzene rings is 1. The lowest BCUT2D eigenvalue weighted by molar-refractivity contribution is -0.112. The number of rotatable bonds is 5. The average Bonchev–Trinajstić information content (AvgIpc) is 3.50. The number of carbonyl (C=O) groups is 1. The van der Waals surface area contributed by atoms with E-state index in [0.29, 0.717) is 31.9 Å². The van der Waals surface area contributed by atoms with Crippen LogP contribution in [0.4, 0.5) is 25.1 Å². The van der Waals surface area contributed by atoms with Gasteiger partial charge in [0.1, 0.15) is 23.8 Å². The van der Waals surface area contributed by atoms with Gasteiger partial charge in [-0.3, -0.25) is 0 Å². The SMILES string of the molecule is Cc1cccc(Nc2ncnc(OC3C4COCC3CN(C(=O)OC3(C)CC3)C4)c2F)c1F. The quantitative estimate of drug-likeness (QED) is 0.726. The predicted molar refractivity (Wildman–Crippen MR) is 114 cm³/mol. The molecule has 1 aromatic carbocycles. The van der Waals surface area contributed by atoms with Crippen LogP contribution in [0.25, 0.3) is 0 Å². The number of likely N-dealkylation sites (tertiary alicyclic amines) is 1. The summed E-state index contributed by atoms with van der Waals surface area (Å²) >= 11 is 0. The van der Waals surface area contributed by atoms with Gasteiger partial charge >= 0.3 is 6.09 Å². The van der Waals surface area contributed by atoms with E-state index in [1.54, 1.807) is 24.0 Å². The third-order valence-electron chi connectivity index (χ3n) is 6.50. The molecule has 1 aliphatic carbocycles. The van der Waals surface area contributed by atoms with E-state index in [4.69, 9.17) is 14.2 Å². The van der Waals surface area contributed by atoms with Gasteiger partial charge in [-0.15, -0.1) is 0 Å². The Kier molecular flexibility index (Phi) is 5.55. The molecule has 10 heteroatoms. The van der Waals surface area contributed by atoms with Gasteiger partial charge in [0.25, 0.3) is 5.88 Å². The zero-order chi connectivity index (χ0) is 23.2. The summed E-state index contributed by atoms with van der Waals surface area (Å²) in [4.78, 5) is 22.1. The minimum Gasteiger partial charge on any atom is -0.471 e. The first-order valence-electron chi connectivity index (χ1n) is 11.1. The molecule has 1 N–H and O–H groups in total. The zero-order valence-corrected chi connectivity index (χ0v) is 18.5. The van der Waals surface area contributed by atoms with E-state index in [0.717, 1.165) is 12.8 Å². The molecule has 33 heavy (non-hydrogen) atoms. The van der Waals surface area contributed by atoms with Gasteiger partial charge in [0.15, 0.2) is 5.82 Å². The maximum Gasteiger partial charge on any atom is 0.410 e. The summed E-state index contributed by atoms with van der Waals surface area (Å²) in [5, 5.41) is 2.68. The van der Waals surface area contributed by atoms with Crippen molar-refractivity contribution in [2.45, 2.75) is 38.4 Å². The molecule has 2 atom stereocenters. The molecule has 5 rings (SSSR count). The first kappa shape index (κ1) is 21.8. The summed E-state index contributed by atoms with van der Waals surface area (Å²) in [5.74, 6) is -1.99. The van der Waals surface area contributed by atoms with Gasteiger partial charge in [0.05, 0.1) is 18.9 Å². The van der Waals surface area contributed by atoms with Gasteiger partial charge in [-0.1, -0.05) is 12.1 Å². The predicted octanol–water partition coefficient (Wildman–Crippen LogP) is 3.82. The number of aromatic nitrogens is 2. The van der Waals surface area contributed by atoms with Crippen molar-refractivity contribution in [3.63, 3.8) is 0 Å². The second kappa shape index (κ2) is 8.40. The summed E-state index contributed by atoms with van der Waals surface area (Å²) < 4.78 is 46.8. The molecule has 176 valence electrons. The van der Waals surface area contributed by atoms with Crippen molar-refractivity contribution in [1.82, 2.24) is 14.9 Å². The smallest absolute Gasteiger partial charge is 0.410 e. The Hall–Kier alpha value is -3.01. The van der Waals surface area contributed by atoms with Crippen LogP contribution in [0, 0.1) is 30.4 Å². The molecule has 1 aromatic heterocycles. The van der Waals surface area contributed by atoms with Crippen LogP contribution in [0.15, 0.2) is 24.5 Å². The number of piperidine rings is 1. The van der Waals surface area contributed by atoms with E-state index in [-0.39, 0.29) is 47.0 Å². The first-order chi connectivity index (χ1) is 15.8. The summed E-state index contributed by atoms with van der Waals surface area (Å²) in [6.07, 6.45) is 2.22. The van der Waals surface area contributed by atoms with Gasteiger partial charge in [-0.2, -0.15) is 9.37 Å². The van der Waals surface area contributed by atoms with Crippen molar-refractivity contribution in [2.75, 3.05) is 31.6 Å². The lowest BCUT2D eigenvalue weighted by Gasteiger charge is -2.46. The van der Waals surface area contributed by atoms with E-state index in [2.05, 4.69) is 15.3 Å². The van der Waals surface area contributed by atoms with Crippen molar-refractivity contribution < 1.29 is 27.8 Å². The molecule has 3 fully saturated rings. The number of nitrogens with zero attached hydrogens (tertiary/aromatic N) is 3. The Morgan fingerprint density at radius 2 is 1.91 bits per heavy atom. The Balaban J connectivity index is 1.30. The van der Waals surface area contributed by atoms with Crippen LogP contribution in [0.2, 0.25) is 0 Å². The molecule has 3 aliphatic rings. The molecular weight excluding hydrogens is 434 g/mol. The van der Waals surface area contributed by atoms with Crippen molar-refractivity contribution in [3.8, 4) is 5.88 Å². The Bertz CT molecular complexity index is 1050. The largest absolute Gasteiger partial charge is 0.471 e. The van der Waals surface area contributed by atoms with Crippen LogP contribution in [0.3, 0.4) is 0 Å². The summed E-state index contributed by atoms with van der Waals surface area (Å²) in [6.45, 7) is 5.10. The van der Waals surface area contributed by atoms with Crippen molar-refractivity contribution in [2.24, 2.45) is 11.8 Å². The van der Waals surface area contributed by atoms with Gasteiger partial charge in [-0.25, -0.2) is 14.2 Å². The van der Waals surface area contributed by atoms with Gasteiger partial charge in [0.2, 0.25) is 5.82 Å². The van der Waals surface area contributed by atoms with Crippen LogP contribution in [-0.4, -0.2) is 59.0 Å². The highest BCUT2D eigenvalue weighted by atomic mass is 19.1. The monoisotopic (exact) mass is 460 g/mol. The maximum atomic E-state index is 15.2. The molecular formula is C23H26F2N4O4. The molecule has 1 saturated carbocycles. The number of amides is 1. The standard InChI is InChI=1S/C23H26F2N4O4/c1-13-4-3-5-16(17(13)24)28-20-18(25)21(27-12-26-20)32-19-14-8-29(9-15(19)11-31-10-14)22(30)33-23(2)6-7-23/h3-5,12,14-15,19H,6-11H2,1-2H3,(H,26,27,28). The second-order valence-corrected chi connectivity index (χ2v) is 9.27. The van der Waals surface area contributed by atoms with Crippen LogP contribution in [0.1, 0.15) is 25.3 Å². The number of nitrogens with one attached hydrogen (secondary N) is 1. The minimum absolute atomic E-state index is 0.111. The number of fused-ring (bicyclic) bond motifs is 2. The molecule has 2 aromatic rings. The molecule has 0 spiro atoms. The number of ether oxygens (including phenoxy) is 3. The Labute approximate surface area is 190 Å². The van der Waals surface area contributed by atoms with E-state index in [1.165, 1.54) is 12.4 Å². The molecule has 1 amide bonds. The number of carbonyl (C=O) groups excluding carboxylic acids is 1. The molecule has 0 radical (unpaired) electrons. The molecule has 2 unspecified atom stereocenters. The molecule has 2 aliphatic heterocycles. The normalized spacial score (nSPS) is 25.3. The van der Waals surface area contributed by atoms with Crippen LogP contribution < -0.4 is 10.1 Å². The summed E-state index contributed by atoms with van der Waals surface area (Å²) in [5.41, 5.74) is 0.194. The first-order valence-corrected chi connectivity index (χ1v) is 11.1. The van der Waals surface area contributed by atoms with Gasteiger partial charge in [0, 0.05) is 24.9 Å². The Morgan fingerprint density at radius 1 is 1.18 bits per heavy atom. The number of hydrogen-bond acceptors (Lipinski definition) is 7. The van der Waals surface area contributed by atoms with Crippen molar-refractivity contribution in [3.05, 3.63) is 41.7 Å². The summed E-state index contributed by atoms with van der Waals surface area (Å²) in [6, 6.07) is 4.79. The third-order valence-corrected chi connectivity index (χ3v) is 6.50. The maximum absolute atomic E-state index is 15.2. The van der Waals surface area contributed by atoms with Crippen LogP contribution in [0.5, 0.6) is 5.88 Å². The third kappa shape index (κ3) is 4.44. The van der Waals surface area contributed by atoms with Crippen molar-refractivity contribution in [1.29, 1.82) is 0 Å². The van der Waals surface area contributed by atoms with E-state index < -0.39 is 11.6 Å². The highest BCUT2D eigenvalue weighted by Gasteiger charge is 2.47. The van der Waals surface area contributed by atoms with E-state index >= 15 is 4.39 Å². The average molecular weight is 460 g/mol. The van der Waals surface area contributed by atoms with Crippen LogP contribution >= 0.6 is 0 Å². The number of hydrogen-bond donors (Lipinski definition) is 1. The summed E-state index contributed by atoms with van der Waals surface area (Å²) in [7, 11) is 0. The van der Waals surface area contributed by atoms with Gasteiger partial charge in [-0.05, 0) is 38.3 Å². The minimum atomic E-state index is -0.805. The molecule has 2 bridgehead atoms. The van der Waals surface area contributed by atoms with E-state index in [9.17, 15) is 9.18 Å². The lowest BCUT2D eigenvalue weighted by Crippen LogP contribution is -2.59. The number of aryl methyl sites for hydroxylation is 1. The highest BCUT2D eigenvalue weighted by molar-refractivity contribution is 5.68. The number of anilines is 2. The van der Waals surface area contributed by atoms with Crippen molar-refractivity contribution >= 4 is 17.6 Å². The lowest BCUT2D eigenvalue weighted by atomic mass is 9.84. The second-order valence-electron chi connectivity index (χ2n) is 9.27. The molecule has 3 heterocycles. The fraction of sp³-hybridized carbons (Fsp3) is 0.522. The topological polar surface area (TPSA) is 85.8 Å².